The Morgan fingerprint density at radius 1 is 0.735 bits per heavy atom. The third kappa shape index (κ3) is 5.13. The van der Waals surface area contributed by atoms with E-state index in [0.29, 0.717) is 6.04 Å². The van der Waals surface area contributed by atoms with E-state index in [1.54, 1.807) is 5.30 Å². The van der Waals surface area contributed by atoms with Gasteiger partial charge in [-0.3, -0.25) is 4.99 Å². The molecule has 1 aliphatic heterocycles. The molecule has 2 aromatic rings. The summed E-state index contributed by atoms with van der Waals surface area (Å²) >= 11 is 0. The summed E-state index contributed by atoms with van der Waals surface area (Å²) in [6, 6.07) is 20.7. The highest BCUT2D eigenvalue weighted by Crippen LogP contribution is 2.55. The SMILES string of the molecule is CC(C)(C)[C@H]1CN(c2ccccc2)C(c2ccccc2P(C2CCCCC2)C2CCCCC2)=N1. The van der Waals surface area contributed by atoms with Gasteiger partial charge in [0.25, 0.3) is 0 Å². The van der Waals surface area contributed by atoms with Crippen molar-refractivity contribution in [2.75, 3.05) is 11.4 Å². The van der Waals surface area contributed by atoms with Crippen LogP contribution in [-0.2, 0) is 0 Å². The topological polar surface area (TPSA) is 15.6 Å². The number of aliphatic imine (C=N–C) groups is 1. The van der Waals surface area contributed by atoms with E-state index in [9.17, 15) is 0 Å². The van der Waals surface area contributed by atoms with Crippen molar-refractivity contribution in [3.8, 4) is 0 Å². The van der Waals surface area contributed by atoms with Gasteiger partial charge in [0.05, 0.1) is 6.04 Å². The molecular weight excluding hydrogens is 431 g/mol. The van der Waals surface area contributed by atoms with E-state index in [0.717, 1.165) is 17.9 Å². The quantitative estimate of drug-likeness (QED) is 0.399. The van der Waals surface area contributed by atoms with Gasteiger partial charge in [-0.05, 0) is 59.9 Å². The smallest absolute Gasteiger partial charge is 0.136 e. The van der Waals surface area contributed by atoms with Crippen LogP contribution in [0.2, 0.25) is 0 Å². The normalized spacial score (nSPS) is 22.9. The standard InChI is InChI=1S/C31H43N2P/c1-31(2,3)29-23-33(24-15-7-4-8-16-24)30(32-29)27-21-13-14-22-28(27)34(25-17-9-5-10-18-25)26-19-11-6-12-20-26/h4,7-8,13-16,21-22,25-26,29H,5-6,9-12,17-20,23H2,1-3H3/t29-/m1/s1. The van der Waals surface area contributed by atoms with Crippen molar-refractivity contribution in [2.24, 2.45) is 10.4 Å². The summed E-state index contributed by atoms with van der Waals surface area (Å²) in [6.45, 7) is 8.00. The summed E-state index contributed by atoms with van der Waals surface area (Å²) in [7, 11) is -0.167. The van der Waals surface area contributed by atoms with E-state index in [1.807, 2.05) is 0 Å². The lowest BCUT2D eigenvalue weighted by atomic mass is 9.87. The summed E-state index contributed by atoms with van der Waals surface area (Å²) in [5.41, 5.74) is 4.67. The second-order valence-corrected chi connectivity index (χ2v) is 14.5. The van der Waals surface area contributed by atoms with Crippen LogP contribution in [0, 0.1) is 5.41 Å². The minimum Gasteiger partial charge on any atom is -0.324 e. The van der Waals surface area contributed by atoms with E-state index in [1.165, 1.54) is 81.3 Å². The average Bonchev–Trinajstić information content (AvgIpc) is 3.33. The van der Waals surface area contributed by atoms with E-state index >= 15 is 0 Å². The molecule has 2 fully saturated rings. The van der Waals surface area contributed by atoms with Crippen LogP contribution >= 0.6 is 7.92 Å². The van der Waals surface area contributed by atoms with Crippen molar-refractivity contribution in [1.29, 1.82) is 0 Å². The molecule has 0 radical (unpaired) electrons. The highest BCUT2D eigenvalue weighted by Gasteiger charge is 2.38. The maximum Gasteiger partial charge on any atom is 0.136 e. The molecule has 5 rings (SSSR count). The van der Waals surface area contributed by atoms with Gasteiger partial charge in [0.2, 0.25) is 0 Å². The molecule has 0 spiro atoms. The molecule has 0 aromatic heterocycles. The Morgan fingerprint density at radius 2 is 1.29 bits per heavy atom. The van der Waals surface area contributed by atoms with Crippen LogP contribution in [-0.4, -0.2) is 29.7 Å². The Bertz CT molecular complexity index is 946. The third-order valence-electron chi connectivity index (χ3n) is 8.32. The zero-order chi connectivity index (χ0) is 23.5. The molecule has 34 heavy (non-hydrogen) atoms. The molecule has 2 saturated carbocycles. The Kier molecular flexibility index (Phi) is 7.45. The maximum atomic E-state index is 5.47. The lowest BCUT2D eigenvalue weighted by molar-refractivity contribution is 0.337. The van der Waals surface area contributed by atoms with Crippen LogP contribution in [0.15, 0.2) is 59.6 Å². The van der Waals surface area contributed by atoms with Gasteiger partial charge in [-0.15, -0.1) is 0 Å². The van der Waals surface area contributed by atoms with Crippen LogP contribution in [0.4, 0.5) is 5.69 Å². The zero-order valence-corrected chi connectivity index (χ0v) is 22.4. The van der Waals surface area contributed by atoms with Gasteiger partial charge in [-0.25, -0.2) is 0 Å². The molecule has 3 aliphatic rings. The van der Waals surface area contributed by atoms with E-state index in [2.05, 4.69) is 80.3 Å². The number of hydrogen-bond donors (Lipinski definition) is 0. The van der Waals surface area contributed by atoms with Crippen molar-refractivity contribution in [1.82, 2.24) is 0 Å². The fourth-order valence-electron chi connectivity index (χ4n) is 6.33. The molecule has 0 N–H and O–H groups in total. The van der Waals surface area contributed by atoms with Crippen LogP contribution in [0.3, 0.4) is 0 Å². The van der Waals surface area contributed by atoms with Gasteiger partial charge in [0.1, 0.15) is 5.84 Å². The molecule has 2 nitrogen and oxygen atoms in total. The lowest BCUT2D eigenvalue weighted by Gasteiger charge is -2.40. The molecule has 0 amide bonds. The summed E-state index contributed by atoms with van der Waals surface area (Å²) in [4.78, 5) is 7.99. The van der Waals surface area contributed by atoms with Gasteiger partial charge >= 0.3 is 0 Å². The molecule has 182 valence electrons. The van der Waals surface area contributed by atoms with Crippen LogP contribution in [0.25, 0.3) is 0 Å². The summed E-state index contributed by atoms with van der Waals surface area (Å²) in [5, 5.41) is 1.66. The number of benzene rings is 2. The van der Waals surface area contributed by atoms with Crippen molar-refractivity contribution in [2.45, 2.75) is 102 Å². The molecule has 1 atom stereocenters. The highest BCUT2D eigenvalue weighted by atomic mass is 31.1. The summed E-state index contributed by atoms with van der Waals surface area (Å²) < 4.78 is 0. The summed E-state index contributed by atoms with van der Waals surface area (Å²) in [5.74, 6) is 1.22. The van der Waals surface area contributed by atoms with Crippen molar-refractivity contribution in [3.63, 3.8) is 0 Å². The van der Waals surface area contributed by atoms with Gasteiger partial charge in [-0.2, -0.15) is 0 Å². The molecular formula is C31H43N2P. The third-order valence-corrected chi connectivity index (χ3v) is 11.9. The number of rotatable bonds is 5. The Balaban J connectivity index is 1.59. The Hall–Kier alpha value is -1.66. The van der Waals surface area contributed by atoms with E-state index in [-0.39, 0.29) is 13.3 Å². The van der Waals surface area contributed by atoms with Crippen molar-refractivity contribution in [3.05, 3.63) is 60.2 Å². The molecule has 2 aliphatic carbocycles. The number of nitrogens with zero attached hydrogens (tertiary/aromatic N) is 2. The van der Waals surface area contributed by atoms with Crippen molar-refractivity contribution < 1.29 is 0 Å². The Labute approximate surface area is 209 Å². The van der Waals surface area contributed by atoms with E-state index in [4.69, 9.17) is 4.99 Å². The Morgan fingerprint density at radius 3 is 1.88 bits per heavy atom. The monoisotopic (exact) mass is 474 g/mol. The molecule has 0 bridgehead atoms. The van der Waals surface area contributed by atoms with Crippen LogP contribution in [0.1, 0.15) is 90.5 Å². The minimum absolute atomic E-state index is 0.154. The largest absolute Gasteiger partial charge is 0.324 e. The first kappa shape index (κ1) is 24.1. The molecule has 2 aromatic carbocycles. The fraction of sp³-hybridized carbons (Fsp3) is 0.581. The average molecular weight is 475 g/mol. The van der Waals surface area contributed by atoms with Gasteiger partial charge in [-0.1, -0.05) is 110 Å². The minimum atomic E-state index is -0.167. The van der Waals surface area contributed by atoms with Crippen LogP contribution in [0.5, 0.6) is 0 Å². The second-order valence-electron chi connectivity index (χ2n) is 11.8. The fourth-order valence-corrected chi connectivity index (χ4v) is 10.3. The van der Waals surface area contributed by atoms with Gasteiger partial charge in [0, 0.05) is 17.8 Å². The van der Waals surface area contributed by atoms with Crippen molar-refractivity contribution >= 4 is 24.7 Å². The number of para-hydroxylation sites is 1. The molecule has 1 heterocycles. The molecule has 3 heteroatoms. The number of anilines is 1. The first-order valence-corrected chi connectivity index (χ1v) is 15.3. The first-order valence-electron chi connectivity index (χ1n) is 13.8. The molecule has 0 unspecified atom stereocenters. The predicted molar refractivity (Wildman–Crippen MR) is 150 cm³/mol. The van der Waals surface area contributed by atoms with E-state index < -0.39 is 0 Å². The highest BCUT2D eigenvalue weighted by molar-refractivity contribution is 7.67. The van der Waals surface area contributed by atoms with Gasteiger partial charge < -0.3 is 4.90 Å². The number of amidine groups is 1. The van der Waals surface area contributed by atoms with Crippen LogP contribution < -0.4 is 10.2 Å². The second kappa shape index (κ2) is 10.5. The first-order chi connectivity index (χ1) is 16.5. The number of hydrogen-bond acceptors (Lipinski definition) is 2. The lowest BCUT2D eigenvalue weighted by Crippen LogP contribution is -2.36. The zero-order valence-electron chi connectivity index (χ0n) is 21.5. The predicted octanol–water partition coefficient (Wildman–Crippen LogP) is 8.14. The summed E-state index contributed by atoms with van der Waals surface area (Å²) in [6.07, 6.45) is 14.4. The maximum absolute atomic E-state index is 5.47. The molecule has 0 saturated heterocycles. The van der Waals surface area contributed by atoms with Gasteiger partial charge in [0.15, 0.2) is 0 Å².